The van der Waals surface area contributed by atoms with Crippen molar-refractivity contribution in [1.82, 2.24) is 19.4 Å². The Morgan fingerprint density at radius 3 is 2.77 bits per heavy atom. The Kier molecular flexibility index (Phi) is 3.93. The van der Waals surface area contributed by atoms with Gasteiger partial charge in [-0.15, -0.1) is 0 Å². The number of aliphatic hydroxyl groups is 1. The van der Waals surface area contributed by atoms with Crippen LogP contribution in [0.15, 0.2) is 41.3 Å². The lowest BCUT2D eigenvalue weighted by atomic mass is 9.88. The smallest absolute Gasteiger partial charge is 0.267 e. The zero-order valence-electron chi connectivity index (χ0n) is 15.1. The Morgan fingerprint density at radius 1 is 1.27 bits per heavy atom. The number of ether oxygens (including phenoxy) is 1. The van der Waals surface area contributed by atoms with Crippen LogP contribution in [0.4, 0.5) is 0 Å². The molecular weight excluding hydrogens is 332 g/mol. The maximum Gasteiger partial charge on any atom is 0.267 e. The largest absolute Gasteiger partial charge is 0.381 e. The molecule has 7 heteroatoms. The van der Waals surface area contributed by atoms with Gasteiger partial charge < -0.3 is 9.84 Å². The molecule has 0 radical (unpaired) electrons. The number of nitrogens with zero attached hydrogens (tertiary/aromatic N) is 4. The van der Waals surface area contributed by atoms with E-state index in [0.717, 1.165) is 11.1 Å². The van der Waals surface area contributed by atoms with Crippen LogP contribution in [-0.2, 0) is 10.3 Å². The van der Waals surface area contributed by atoms with Crippen molar-refractivity contribution in [3.63, 3.8) is 0 Å². The van der Waals surface area contributed by atoms with Gasteiger partial charge in [0.2, 0.25) is 0 Å². The third-order valence-electron chi connectivity index (χ3n) is 5.04. The van der Waals surface area contributed by atoms with Gasteiger partial charge in [-0.2, -0.15) is 10.2 Å². The molecule has 1 aliphatic rings. The van der Waals surface area contributed by atoms with Gasteiger partial charge in [-0.25, -0.2) is 9.20 Å². The lowest BCUT2D eigenvalue weighted by Gasteiger charge is -2.25. The van der Waals surface area contributed by atoms with Crippen LogP contribution in [0.5, 0.6) is 0 Å². The van der Waals surface area contributed by atoms with Gasteiger partial charge in [0.25, 0.3) is 5.56 Å². The van der Waals surface area contributed by atoms with Gasteiger partial charge in [-0.1, -0.05) is 6.07 Å². The Bertz CT molecular complexity index is 1020. The van der Waals surface area contributed by atoms with Crippen molar-refractivity contribution >= 4 is 5.52 Å². The first-order valence-electron chi connectivity index (χ1n) is 8.84. The van der Waals surface area contributed by atoms with Crippen LogP contribution in [0.25, 0.3) is 16.8 Å². The number of hydrogen-bond acceptors (Lipinski definition) is 5. The lowest BCUT2D eigenvalue weighted by molar-refractivity contribution is -0.0345. The molecule has 4 rings (SSSR count). The van der Waals surface area contributed by atoms with Gasteiger partial charge in [-0.05, 0) is 39.0 Å². The van der Waals surface area contributed by atoms with E-state index in [-0.39, 0.29) is 17.7 Å². The minimum atomic E-state index is -1.19. The molecule has 1 saturated heterocycles. The van der Waals surface area contributed by atoms with Gasteiger partial charge in [0, 0.05) is 18.7 Å². The summed E-state index contributed by atoms with van der Waals surface area (Å²) in [6.45, 7) is 6.15. The zero-order chi connectivity index (χ0) is 18.5. The quantitative estimate of drug-likeness (QED) is 0.779. The SMILES string of the molecule is CC(C)n1nc(-c2c(C3(O)CCOC3C)nn3ccccc23)ccc1=O. The molecule has 3 aromatic rings. The van der Waals surface area contributed by atoms with Crippen molar-refractivity contribution in [1.29, 1.82) is 0 Å². The minimum absolute atomic E-state index is 0.0652. The predicted octanol–water partition coefficient (Wildman–Crippen LogP) is 2.14. The Balaban J connectivity index is 2.02. The summed E-state index contributed by atoms with van der Waals surface area (Å²) in [5.41, 5.74) is 1.37. The summed E-state index contributed by atoms with van der Waals surface area (Å²) >= 11 is 0. The molecule has 0 aliphatic carbocycles. The number of fused-ring (bicyclic) bond motifs is 1. The molecule has 0 spiro atoms. The second-order valence-corrected chi connectivity index (χ2v) is 7.04. The molecule has 0 amide bonds. The van der Waals surface area contributed by atoms with Crippen molar-refractivity contribution in [2.45, 2.75) is 44.9 Å². The molecule has 1 fully saturated rings. The average molecular weight is 354 g/mol. The van der Waals surface area contributed by atoms with Crippen molar-refractivity contribution < 1.29 is 9.84 Å². The third-order valence-corrected chi connectivity index (χ3v) is 5.04. The molecule has 0 aromatic carbocycles. The van der Waals surface area contributed by atoms with Gasteiger partial charge in [0.15, 0.2) is 0 Å². The molecule has 2 unspecified atom stereocenters. The first kappa shape index (κ1) is 16.9. The summed E-state index contributed by atoms with van der Waals surface area (Å²) in [6, 6.07) is 8.87. The van der Waals surface area contributed by atoms with E-state index < -0.39 is 5.60 Å². The molecule has 3 aromatic heterocycles. The highest BCUT2D eigenvalue weighted by Gasteiger charge is 2.45. The van der Waals surface area contributed by atoms with Gasteiger partial charge in [0.1, 0.15) is 11.3 Å². The van der Waals surface area contributed by atoms with E-state index >= 15 is 0 Å². The molecular formula is C19H22N4O3. The number of rotatable bonds is 3. The first-order chi connectivity index (χ1) is 12.4. The summed E-state index contributed by atoms with van der Waals surface area (Å²) in [4.78, 5) is 12.1. The lowest BCUT2D eigenvalue weighted by Crippen LogP contribution is -2.34. The molecule has 26 heavy (non-hydrogen) atoms. The third kappa shape index (κ3) is 2.47. The predicted molar refractivity (Wildman–Crippen MR) is 97.0 cm³/mol. The highest BCUT2D eigenvalue weighted by Crippen LogP contribution is 2.41. The van der Waals surface area contributed by atoms with Crippen LogP contribution in [-0.4, -0.2) is 37.2 Å². The van der Waals surface area contributed by atoms with E-state index in [1.807, 2.05) is 45.2 Å². The zero-order valence-corrected chi connectivity index (χ0v) is 15.1. The number of pyridine rings is 1. The van der Waals surface area contributed by atoms with E-state index in [0.29, 0.717) is 24.4 Å². The topological polar surface area (TPSA) is 81.7 Å². The fourth-order valence-electron chi connectivity index (χ4n) is 3.53. The number of aromatic nitrogens is 4. The summed E-state index contributed by atoms with van der Waals surface area (Å²) in [5.74, 6) is 0. The molecule has 4 heterocycles. The minimum Gasteiger partial charge on any atom is -0.381 e. The van der Waals surface area contributed by atoms with E-state index in [1.54, 1.807) is 10.6 Å². The second kappa shape index (κ2) is 6.03. The Hall–Kier alpha value is -2.51. The van der Waals surface area contributed by atoms with Crippen LogP contribution in [0, 0.1) is 0 Å². The maximum absolute atomic E-state index is 12.1. The fraction of sp³-hybridized carbons (Fsp3) is 0.421. The second-order valence-electron chi connectivity index (χ2n) is 7.04. The Morgan fingerprint density at radius 2 is 2.08 bits per heavy atom. The van der Waals surface area contributed by atoms with Crippen LogP contribution in [0.2, 0.25) is 0 Å². The van der Waals surface area contributed by atoms with Crippen molar-refractivity contribution in [3.8, 4) is 11.3 Å². The summed E-state index contributed by atoms with van der Waals surface area (Å²) in [7, 11) is 0. The van der Waals surface area contributed by atoms with E-state index in [2.05, 4.69) is 10.2 Å². The van der Waals surface area contributed by atoms with Crippen LogP contribution >= 0.6 is 0 Å². The summed E-state index contributed by atoms with van der Waals surface area (Å²) < 4.78 is 8.80. The van der Waals surface area contributed by atoms with Gasteiger partial charge >= 0.3 is 0 Å². The first-order valence-corrected chi connectivity index (χ1v) is 8.84. The van der Waals surface area contributed by atoms with Crippen LogP contribution < -0.4 is 5.56 Å². The average Bonchev–Trinajstić information content (AvgIpc) is 3.17. The fourth-order valence-corrected chi connectivity index (χ4v) is 3.53. The maximum atomic E-state index is 12.1. The van der Waals surface area contributed by atoms with Crippen LogP contribution in [0.3, 0.4) is 0 Å². The highest BCUT2D eigenvalue weighted by molar-refractivity contribution is 5.81. The van der Waals surface area contributed by atoms with Crippen molar-refractivity contribution in [2.75, 3.05) is 6.61 Å². The molecule has 136 valence electrons. The molecule has 1 N–H and O–H groups in total. The van der Waals surface area contributed by atoms with E-state index in [9.17, 15) is 9.90 Å². The molecule has 0 saturated carbocycles. The van der Waals surface area contributed by atoms with E-state index in [1.165, 1.54) is 10.7 Å². The number of hydrogen-bond donors (Lipinski definition) is 1. The van der Waals surface area contributed by atoms with Crippen LogP contribution in [0.1, 0.15) is 38.9 Å². The standard InChI is InChI=1S/C19H22N4O3/c1-12(2)23-16(24)8-7-14(20-23)17-15-6-4-5-10-22(15)21-18(17)19(25)9-11-26-13(19)3/h4-8,10,12-13,25H,9,11H2,1-3H3. The molecule has 1 aliphatic heterocycles. The molecule has 7 nitrogen and oxygen atoms in total. The van der Waals surface area contributed by atoms with Crippen molar-refractivity contribution in [2.24, 2.45) is 0 Å². The van der Waals surface area contributed by atoms with Crippen molar-refractivity contribution in [3.05, 3.63) is 52.6 Å². The molecule has 2 atom stereocenters. The normalized spacial score (nSPS) is 23.2. The van der Waals surface area contributed by atoms with Gasteiger partial charge in [0.05, 0.1) is 35.5 Å². The monoisotopic (exact) mass is 354 g/mol. The summed E-state index contributed by atoms with van der Waals surface area (Å²) in [6.07, 6.45) is 1.93. The summed E-state index contributed by atoms with van der Waals surface area (Å²) in [5, 5.41) is 20.5. The molecule has 0 bridgehead atoms. The Labute approximate surface area is 150 Å². The van der Waals surface area contributed by atoms with E-state index in [4.69, 9.17) is 4.74 Å². The highest BCUT2D eigenvalue weighted by atomic mass is 16.5. The van der Waals surface area contributed by atoms with Gasteiger partial charge in [-0.3, -0.25) is 4.79 Å².